The van der Waals surface area contributed by atoms with Gasteiger partial charge in [-0.1, -0.05) is 6.92 Å². The summed E-state index contributed by atoms with van der Waals surface area (Å²) in [7, 11) is 2.21. The van der Waals surface area contributed by atoms with Gasteiger partial charge >= 0.3 is 0 Å². The number of piperidine rings is 1. The van der Waals surface area contributed by atoms with Crippen molar-refractivity contribution in [3.63, 3.8) is 0 Å². The van der Waals surface area contributed by atoms with Crippen molar-refractivity contribution >= 4 is 5.91 Å². The van der Waals surface area contributed by atoms with Gasteiger partial charge < -0.3 is 15.5 Å². The maximum Gasteiger partial charge on any atom is 0.220 e. The number of hydrogen-bond acceptors (Lipinski definition) is 3. The Labute approximate surface area is 117 Å². The summed E-state index contributed by atoms with van der Waals surface area (Å²) < 4.78 is 0. The van der Waals surface area contributed by atoms with Crippen molar-refractivity contribution in [2.45, 2.75) is 64.1 Å². The molecule has 2 aliphatic rings. The number of rotatable bonds is 6. The molecule has 0 bridgehead atoms. The van der Waals surface area contributed by atoms with E-state index in [1.165, 1.54) is 25.8 Å². The molecule has 3 unspecified atom stereocenters. The Bertz CT molecular complexity index is 304. The molecule has 3 atom stereocenters. The highest BCUT2D eigenvalue weighted by molar-refractivity contribution is 5.76. The standard InChI is InChI=1S/C15H29N3O/c1-11-10-18(3)12(2)9-14(11)16-8-4-5-15(19)17-13-6-7-13/h11-14,16H,4-10H2,1-3H3,(H,17,19). The first-order chi connectivity index (χ1) is 9.06. The van der Waals surface area contributed by atoms with Gasteiger partial charge in [-0.2, -0.15) is 0 Å². The monoisotopic (exact) mass is 267 g/mol. The van der Waals surface area contributed by atoms with E-state index in [1.54, 1.807) is 0 Å². The molecule has 2 N–H and O–H groups in total. The highest BCUT2D eigenvalue weighted by atomic mass is 16.1. The molecule has 0 aromatic carbocycles. The lowest BCUT2D eigenvalue weighted by molar-refractivity contribution is -0.121. The lowest BCUT2D eigenvalue weighted by atomic mass is 9.90. The van der Waals surface area contributed by atoms with Crippen LogP contribution in [-0.4, -0.2) is 49.1 Å². The second-order valence-corrected chi connectivity index (χ2v) is 6.51. The van der Waals surface area contributed by atoms with Crippen molar-refractivity contribution in [1.29, 1.82) is 0 Å². The first kappa shape index (κ1) is 14.8. The molecule has 110 valence electrons. The average molecular weight is 267 g/mol. The number of hydrogen-bond donors (Lipinski definition) is 2. The highest BCUT2D eigenvalue weighted by Crippen LogP contribution is 2.21. The van der Waals surface area contributed by atoms with Gasteiger partial charge in [0.15, 0.2) is 0 Å². The van der Waals surface area contributed by atoms with Crippen LogP contribution in [0.3, 0.4) is 0 Å². The van der Waals surface area contributed by atoms with Gasteiger partial charge in [0.1, 0.15) is 0 Å². The van der Waals surface area contributed by atoms with Crippen molar-refractivity contribution in [3.8, 4) is 0 Å². The summed E-state index contributed by atoms with van der Waals surface area (Å²) in [5.41, 5.74) is 0. The fraction of sp³-hybridized carbons (Fsp3) is 0.933. The van der Waals surface area contributed by atoms with Crippen LogP contribution in [0.5, 0.6) is 0 Å². The predicted molar refractivity (Wildman–Crippen MR) is 78.1 cm³/mol. The number of carbonyl (C=O) groups is 1. The van der Waals surface area contributed by atoms with Crippen LogP contribution in [0, 0.1) is 5.92 Å². The topological polar surface area (TPSA) is 44.4 Å². The maximum absolute atomic E-state index is 11.6. The van der Waals surface area contributed by atoms with Crippen LogP contribution in [0.15, 0.2) is 0 Å². The lowest BCUT2D eigenvalue weighted by Crippen LogP contribution is -2.51. The van der Waals surface area contributed by atoms with Gasteiger partial charge in [-0.3, -0.25) is 4.79 Å². The molecule has 2 rings (SSSR count). The number of nitrogens with zero attached hydrogens (tertiary/aromatic N) is 1. The van der Waals surface area contributed by atoms with Crippen LogP contribution in [-0.2, 0) is 4.79 Å². The molecule has 1 saturated carbocycles. The van der Waals surface area contributed by atoms with Crippen molar-refractivity contribution < 1.29 is 4.79 Å². The maximum atomic E-state index is 11.6. The van der Waals surface area contributed by atoms with Gasteiger partial charge in [0.2, 0.25) is 5.91 Å². The first-order valence-electron chi connectivity index (χ1n) is 7.79. The Morgan fingerprint density at radius 1 is 1.32 bits per heavy atom. The quantitative estimate of drug-likeness (QED) is 0.714. The molecule has 0 spiro atoms. The van der Waals surface area contributed by atoms with Gasteiger partial charge in [0, 0.05) is 31.1 Å². The molecular formula is C15H29N3O. The van der Waals surface area contributed by atoms with E-state index in [4.69, 9.17) is 0 Å². The largest absolute Gasteiger partial charge is 0.353 e. The summed E-state index contributed by atoms with van der Waals surface area (Å²) in [4.78, 5) is 14.0. The van der Waals surface area contributed by atoms with E-state index < -0.39 is 0 Å². The Hall–Kier alpha value is -0.610. The van der Waals surface area contributed by atoms with E-state index in [2.05, 4.69) is 36.4 Å². The Kier molecular flexibility index (Phi) is 5.22. The zero-order chi connectivity index (χ0) is 13.8. The molecule has 2 fully saturated rings. The smallest absolute Gasteiger partial charge is 0.220 e. The third-order valence-electron chi connectivity index (χ3n) is 4.54. The molecule has 0 aromatic rings. The Morgan fingerprint density at radius 3 is 2.74 bits per heavy atom. The van der Waals surface area contributed by atoms with E-state index in [1.807, 2.05) is 0 Å². The zero-order valence-corrected chi connectivity index (χ0v) is 12.6. The van der Waals surface area contributed by atoms with E-state index in [9.17, 15) is 4.79 Å². The number of nitrogens with one attached hydrogen (secondary N) is 2. The van der Waals surface area contributed by atoms with E-state index >= 15 is 0 Å². The lowest BCUT2D eigenvalue weighted by Gasteiger charge is -2.40. The average Bonchev–Trinajstić information content (AvgIpc) is 3.14. The molecule has 4 heteroatoms. The Morgan fingerprint density at radius 2 is 2.05 bits per heavy atom. The fourth-order valence-electron chi connectivity index (χ4n) is 2.89. The first-order valence-corrected chi connectivity index (χ1v) is 7.79. The van der Waals surface area contributed by atoms with Crippen LogP contribution >= 0.6 is 0 Å². The summed E-state index contributed by atoms with van der Waals surface area (Å²) >= 11 is 0. The van der Waals surface area contributed by atoms with Crippen molar-refractivity contribution in [2.24, 2.45) is 5.92 Å². The van der Waals surface area contributed by atoms with Crippen LogP contribution < -0.4 is 10.6 Å². The summed E-state index contributed by atoms with van der Waals surface area (Å²) in [6, 6.07) is 1.76. The third-order valence-corrected chi connectivity index (χ3v) is 4.54. The number of amides is 1. The van der Waals surface area contributed by atoms with Crippen molar-refractivity contribution in [1.82, 2.24) is 15.5 Å². The van der Waals surface area contributed by atoms with Crippen LogP contribution in [0.25, 0.3) is 0 Å². The molecule has 1 aliphatic carbocycles. The predicted octanol–water partition coefficient (Wildman–Crippen LogP) is 1.36. The van der Waals surface area contributed by atoms with Gasteiger partial charge in [-0.25, -0.2) is 0 Å². The SMILES string of the molecule is CC1CN(C)C(C)CC1NCCCC(=O)NC1CC1. The highest BCUT2D eigenvalue weighted by Gasteiger charge is 2.28. The molecule has 1 aliphatic heterocycles. The van der Waals surface area contributed by atoms with Gasteiger partial charge in [0.25, 0.3) is 0 Å². The molecule has 4 nitrogen and oxygen atoms in total. The van der Waals surface area contributed by atoms with E-state index in [0.29, 0.717) is 30.5 Å². The van der Waals surface area contributed by atoms with Crippen LogP contribution in [0.4, 0.5) is 0 Å². The molecule has 0 aromatic heterocycles. The summed E-state index contributed by atoms with van der Waals surface area (Å²) in [5.74, 6) is 0.926. The second kappa shape index (κ2) is 6.71. The van der Waals surface area contributed by atoms with Crippen molar-refractivity contribution in [2.75, 3.05) is 20.1 Å². The fourth-order valence-corrected chi connectivity index (χ4v) is 2.89. The van der Waals surface area contributed by atoms with Gasteiger partial charge in [0.05, 0.1) is 0 Å². The molecular weight excluding hydrogens is 238 g/mol. The van der Waals surface area contributed by atoms with E-state index in [-0.39, 0.29) is 5.91 Å². The third kappa shape index (κ3) is 4.77. The molecule has 1 heterocycles. The number of carbonyl (C=O) groups excluding carboxylic acids is 1. The summed E-state index contributed by atoms with van der Waals surface area (Å²) in [5, 5.41) is 6.68. The molecule has 0 radical (unpaired) electrons. The van der Waals surface area contributed by atoms with Crippen molar-refractivity contribution in [3.05, 3.63) is 0 Å². The second-order valence-electron chi connectivity index (χ2n) is 6.51. The van der Waals surface area contributed by atoms with E-state index in [0.717, 1.165) is 13.0 Å². The minimum absolute atomic E-state index is 0.231. The Balaban J connectivity index is 1.58. The van der Waals surface area contributed by atoms with Crippen LogP contribution in [0.1, 0.15) is 46.0 Å². The summed E-state index contributed by atoms with van der Waals surface area (Å²) in [6.07, 6.45) is 5.18. The molecule has 19 heavy (non-hydrogen) atoms. The molecule has 1 saturated heterocycles. The van der Waals surface area contributed by atoms with Crippen LogP contribution in [0.2, 0.25) is 0 Å². The minimum atomic E-state index is 0.231. The molecule has 1 amide bonds. The number of likely N-dealkylation sites (tertiary alicyclic amines) is 1. The minimum Gasteiger partial charge on any atom is -0.353 e. The summed E-state index contributed by atoms with van der Waals surface area (Å²) in [6.45, 7) is 6.74. The normalized spacial score (nSPS) is 32.3. The van der Waals surface area contributed by atoms with Gasteiger partial charge in [-0.05, 0) is 52.1 Å². The van der Waals surface area contributed by atoms with Gasteiger partial charge in [-0.15, -0.1) is 0 Å². The zero-order valence-electron chi connectivity index (χ0n) is 12.6.